The zero-order valence-electron chi connectivity index (χ0n) is 10.3. The lowest BCUT2D eigenvalue weighted by molar-refractivity contribution is -0.144. The van der Waals surface area contributed by atoms with Gasteiger partial charge >= 0.3 is 5.97 Å². The van der Waals surface area contributed by atoms with E-state index >= 15 is 0 Å². The van der Waals surface area contributed by atoms with Gasteiger partial charge in [0.05, 0.1) is 25.3 Å². The van der Waals surface area contributed by atoms with Crippen LogP contribution in [0.25, 0.3) is 0 Å². The fourth-order valence-electron chi connectivity index (χ4n) is 1.52. The molecule has 7 heteroatoms. The first-order chi connectivity index (χ1) is 8.38. The van der Waals surface area contributed by atoms with Crippen molar-refractivity contribution in [1.29, 1.82) is 0 Å². The van der Waals surface area contributed by atoms with Gasteiger partial charge in [-0.3, -0.25) is 4.79 Å². The lowest BCUT2D eigenvalue weighted by Gasteiger charge is -2.19. The summed E-state index contributed by atoms with van der Waals surface area (Å²) in [6, 6.07) is 0. The largest absolute Gasteiger partial charge is 0.469 e. The monoisotopic (exact) mass is 255 g/mol. The highest BCUT2D eigenvalue weighted by Crippen LogP contribution is 2.27. The van der Waals surface area contributed by atoms with E-state index in [1.807, 2.05) is 0 Å². The Morgan fingerprint density at radius 1 is 1.50 bits per heavy atom. The van der Waals surface area contributed by atoms with Crippen LogP contribution in [0.15, 0.2) is 6.20 Å². The summed E-state index contributed by atoms with van der Waals surface area (Å²) in [6.45, 7) is 1.65. The number of nitrogens with zero attached hydrogens (tertiary/aromatic N) is 1. The third-order valence-corrected chi connectivity index (χ3v) is 2.74. The van der Waals surface area contributed by atoms with Crippen molar-refractivity contribution >= 4 is 17.5 Å². The number of aromatic nitrogens is 1. The van der Waals surface area contributed by atoms with Crippen LogP contribution in [0.3, 0.4) is 0 Å². The summed E-state index contributed by atoms with van der Waals surface area (Å²) < 4.78 is 4.41. The molecule has 0 bridgehead atoms. The number of carbonyl (C=O) groups excluding carboxylic acids is 1. The molecule has 0 aliphatic carbocycles. The fourth-order valence-corrected chi connectivity index (χ4v) is 1.52. The molecule has 0 radical (unpaired) electrons. The van der Waals surface area contributed by atoms with Gasteiger partial charge in [-0.25, -0.2) is 4.98 Å². The van der Waals surface area contributed by atoms with Crippen molar-refractivity contribution in [2.45, 2.75) is 25.6 Å². The van der Waals surface area contributed by atoms with Crippen molar-refractivity contribution in [2.75, 3.05) is 18.6 Å². The van der Waals surface area contributed by atoms with Gasteiger partial charge in [0.25, 0.3) is 0 Å². The molecule has 1 aromatic rings. The topological polar surface area (TPSA) is 132 Å². The van der Waals surface area contributed by atoms with Crippen LogP contribution in [0.4, 0.5) is 11.5 Å². The molecule has 1 rings (SSSR count). The molecule has 1 heterocycles. The second-order valence-corrected chi connectivity index (χ2v) is 3.93. The Hall–Kier alpha value is -1.86. The second kappa shape index (κ2) is 5.65. The number of ether oxygens (including phenoxy) is 1. The van der Waals surface area contributed by atoms with Gasteiger partial charge in [0.2, 0.25) is 0 Å². The quantitative estimate of drug-likeness (QED) is 0.534. The molecule has 2 unspecified atom stereocenters. The standard InChI is InChI=1S/C11H17N3O4/c1-5-6(4-14-11(13)9(5)12)10(17)7(15)3-8(16)18-2/h4,7,10,15,17H,3,12H2,1-2H3,(H2,13,14). The molecule has 0 amide bonds. The molecule has 1 aromatic heterocycles. The number of aliphatic hydroxyl groups is 2. The lowest BCUT2D eigenvalue weighted by Crippen LogP contribution is -2.23. The van der Waals surface area contributed by atoms with E-state index in [0.717, 1.165) is 0 Å². The zero-order valence-corrected chi connectivity index (χ0v) is 10.3. The van der Waals surface area contributed by atoms with Gasteiger partial charge in [-0.2, -0.15) is 0 Å². The van der Waals surface area contributed by atoms with Crippen LogP contribution in [0.1, 0.15) is 23.7 Å². The van der Waals surface area contributed by atoms with E-state index in [1.54, 1.807) is 6.92 Å². The minimum atomic E-state index is -1.29. The molecular formula is C11H17N3O4. The van der Waals surface area contributed by atoms with Crippen molar-refractivity contribution in [3.8, 4) is 0 Å². The highest BCUT2D eigenvalue weighted by molar-refractivity contribution is 5.70. The summed E-state index contributed by atoms with van der Waals surface area (Å²) in [5.41, 5.74) is 12.3. The summed E-state index contributed by atoms with van der Waals surface area (Å²) in [7, 11) is 1.20. The van der Waals surface area contributed by atoms with Crippen LogP contribution >= 0.6 is 0 Å². The van der Waals surface area contributed by atoms with Crippen molar-refractivity contribution < 1.29 is 19.7 Å². The van der Waals surface area contributed by atoms with Crippen LogP contribution < -0.4 is 11.5 Å². The van der Waals surface area contributed by atoms with Crippen LogP contribution in [-0.2, 0) is 9.53 Å². The predicted octanol–water partition coefficient (Wildman–Crippen LogP) is -0.488. The Kier molecular flexibility index (Phi) is 4.46. The summed E-state index contributed by atoms with van der Waals surface area (Å²) in [4.78, 5) is 14.8. The number of esters is 1. The molecule has 0 aromatic carbocycles. The highest BCUT2D eigenvalue weighted by atomic mass is 16.5. The van der Waals surface area contributed by atoms with Gasteiger partial charge in [-0.05, 0) is 12.5 Å². The Morgan fingerprint density at radius 3 is 2.67 bits per heavy atom. The Bertz CT molecular complexity index is 450. The number of nitrogen functional groups attached to an aromatic ring is 2. The number of rotatable bonds is 4. The maximum absolute atomic E-state index is 11.0. The molecule has 6 N–H and O–H groups in total. The van der Waals surface area contributed by atoms with Crippen molar-refractivity contribution in [2.24, 2.45) is 0 Å². The molecule has 0 spiro atoms. The summed E-state index contributed by atoms with van der Waals surface area (Å²) in [5, 5.41) is 19.6. The van der Waals surface area contributed by atoms with Gasteiger partial charge in [0.15, 0.2) is 0 Å². The SMILES string of the molecule is COC(=O)CC(O)C(O)c1cnc(N)c(N)c1C. The molecule has 7 nitrogen and oxygen atoms in total. The first-order valence-corrected chi connectivity index (χ1v) is 5.31. The second-order valence-electron chi connectivity index (χ2n) is 3.93. The molecule has 0 aliphatic rings. The number of hydrogen-bond acceptors (Lipinski definition) is 7. The van der Waals surface area contributed by atoms with Crippen molar-refractivity contribution in [3.63, 3.8) is 0 Å². The third kappa shape index (κ3) is 2.88. The maximum atomic E-state index is 11.0. The molecule has 0 saturated heterocycles. The van der Waals surface area contributed by atoms with Crippen molar-refractivity contribution in [3.05, 3.63) is 17.3 Å². The minimum absolute atomic E-state index is 0.158. The van der Waals surface area contributed by atoms with Gasteiger partial charge < -0.3 is 26.4 Å². The van der Waals surface area contributed by atoms with E-state index in [4.69, 9.17) is 11.5 Å². The first kappa shape index (κ1) is 14.2. The van der Waals surface area contributed by atoms with Gasteiger partial charge in [0, 0.05) is 11.8 Å². The molecule has 0 fully saturated rings. The Balaban J connectivity index is 2.93. The molecule has 2 atom stereocenters. The zero-order chi connectivity index (χ0) is 13.9. The van der Waals surface area contributed by atoms with E-state index in [-0.39, 0.29) is 17.9 Å². The smallest absolute Gasteiger partial charge is 0.308 e. The Labute approximate surface area is 104 Å². The van der Waals surface area contributed by atoms with Crippen LogP contribution in [0.2, 0.25) is 0 Å². The Morgan fingerprint density at radius 2 is 2.11 bits per heavy atom. The maximum Gasteiger partial charge on any atom is 0.308 e. The van der Waals surface area contributed by atoms with E-state index in [0.29, 0.717) is 11.1 Å². The van der Waals surface area contributed by atoms with Crippen LogP contribution in [0, 0.1) is 6.92 Å². The van der Waals surface area contributed by atoms with Gasteiger partial charge in [0.1, 0.15) is 11.9 Å². The number of aliphatic hydroxyl groups excluding tert-OH is 2. The molecular weight excluding hydrogens is 238 g/mol. The average Bonchev–Trinajstić information content (AvgIpc) is 2.35. The summed E-state index contributed by atoms with van der Waals surface area (Å²) in [5.74, 6) is -0.457. The van der Waals surface area contributed by atoms with Crippen LogP contribution in [0.5, 0.6) is 0 Å². The summed E-state index contributed by atoms with van der Waals surface area (Å²) >= 11 is 0. The summed E-state index contributed by atoms with van der Waals surface area (Å²) in [6.07, 6.45) is -1.56. The average molecular weight is 255 g/mol. The van der Waals surface area contributed by atoms with Crippen molar-refractivity contribution in [1.82, 2.24) is 4.98 Å². The molecule has 0 saturated carbocycles. The van der Waals surface area contributed by atoms with E-state index in [2.05, 4.69) is 9.72 Å². The minimum Gasteiger partial charge on any atom is -0.469 e. The molecule has 0 aliphatic heterocycles. The highest BCUT2D eigenvalue weighted by Gasteiger charge is 2.24. The third-order valence-electron chi connectivity index (χ3n) is 2.74. The van der Waals surface area contributed by atoms with Crippen LogP contribution in [-0.4, -0.2) is 34.4 Å². The number of nitrogens with two attached hydrogens (primary N) is 2. The molecule has 100 valence electrons. The fraction of sp³-hybridized carbons (Fsp3) is 0.455. The normalized spacial score (nSPS) is 14.0. The van der Waals surface area contributed by atoms with Gasteiger partial charge in [-0.1, -0.05) is 0 Å². The first-order valence-electron chi connectivity index (χ1n) is 5.31. The lowest BCUT2D eigenvalue weighted by atomic mass is 9.99. The van der Waals surface area contributed by atoms with E-state index in [1.165, 1.54) is 13.3 Å². The number of methoxy groups -OCH3 is 1. The molecule has 18 heavy (non-hydrogen) atoms. The predicted molar refractivity (Wildman–Crippen MR) is 65.4 cm³/mol. The van der Waals surface area contributed by atoms with Gasteiger partial charge in [-0.15, -0.1) is 0 Å². The van der Waals surface area contributed by atoms with E-state index < -0.39 is 18.2 Å². The number of hydrogen-bond donors (Lipinski definition) is 4. The van der Waals surface area contributed by atoms with E-state index in [9.17, 15) is 15.0 Å². The number of carbonyl (C=O) groups is 1. The number of pyridine rings is 1. The number of anilines is 2.